The van der Waals surface area contributed by atoms with E-state index >= 15 is 0 Å². The molecule has 0 aliphatic carbocycles. The summed E-state index contributed by atoms with van der Waals surface area (Å²) in [4.78, 5) is 32.7. The van der Waals surface area contributed by atoms with Crippen LogP contribution < -0.4 is 15.8 Å². The standard InChI is InChI=1S/C17H21FN6O5/c1-28-9-7-23(8-10-29-2)16-14(24(26)27)15(19-11-20-16)21-22-17(25)12-3-5-13(18)6-4-12/h3-6,11H,7-10H2,1-2H3,(H,22,25)(H,19,20,21). The average Bonchev–Trinajstić information content (AvgIpc) is 2.72. The Morgan fingerprint density at radius 2 is 1.79 bits per heavy atom. The molecule has 0 aliphatic rings. The Balaban J connectivity index is 2.25. The van der Waals surface area contributed by atoms with Crippen molar-refractivity contribution in [1.82, 2.24) is 15.4 Å². The van der Waals surface area contributed by atoms with Gasteiger partial charge in [-0.3, -0.25) is 25.8 Å². The second kappa shape index (κ2) is 10.8. The Morgan fingerprint density at radius 1 is 1.17 bits per heavy atom. The molecule has 156 valence electrons. The van der Waals surface area contributed by atoms with Crippen molar-refractivity contribution < 1.29 is 23.6 Å². The number of hydrazine groups is 1. The summed E-state index contributed by atoms with van der Waals surface area (Å²) < 4.78 is 23.1. The van der Waals surface area contributed by atoms with Gasteiger partial charge in [0.05, 0.1) is 18.1 Å². The van der Waals surface area contributed by atoms with E-state index in [9.17, 15) is 19.3 Å². The molecule has 2 rings (SSSR count). The minimum absolute atomic E-state index is 0.0534. The molecule has 0 radical (unpaired) electrons. The first-order valence-electron chi connectivity index (χ1n) is 8.52. The van der Waals surface area contributed by atoms with Crippen LogP contribution in [0.3, 0.4) is 0 Å². The number of benzene rings is 1. The SMILES string of the molecule is COCCN(CCOC)c1ncnc(NNC(=O)c2ccc(F)cc2)c1[N+](=O)[O-]. The lowest BCUT2D eigenvalue weighted by atomic mass is 10.2. The molecule has 29 heavy (non-hydrogen) atoms. The van der Waals surface area contributed by atoms with Gasteiger partial charge in [0.15, 0.2) is 0 Å². The quantitative estimate of drug-likeness (QED) is 0.418. The number of carbonyl (C=O) groups is 1. The monoisotopic (exact) mass is 408 g/mol. The minimum atomic E-state index is -0.645. The Labute approximate surface area is 166 Å². The molecule has 1 aromatic heterocycles. The molecule has 1 amide bonds. The van der Waals surface area contributed by atoms with Crippen molar-refractivity contribution in [1.29, 1.82) is 0 Å². The Kier molecular flexibility index (Phi) is 8.18. The second-order valence-electron chi connectivity index (χ2n) is 5.71. The summed E-state index contributed by atoms with van der Waals surface area (Å²) in [5.41, 5.74) is 4.50. The predicted molar refractivity (Wildman–Crippen MR) is 102 cm³/mol. The summed E-state index contributed by atoms with van der Waals surface area (Å²) in [6, 6.07) is 4.82. The third-order valence-electron chi connectivity index (χ3n) is 3.82. The first-order valence-corrected chi connectivity index (χ1v) is 8.52. The van der Waals surface area contributed by atoms with Crippen LogP contribution in [0.5, 0.6) is 0 Å². The van der Waals surface area contributed by atoms with Gasteiger partial charge in [-0.25, -0.2) is 14.4 Å². The Bertz CT molecular complexity index is 828. The third kappa shape index (κ3) is 6.05. The molecule has 1 aromatic carbocycles. The topological polar surface area (TPSA) is 132 Å². The number of hydrogen-bond acceptors (Lipinski definition) is 9. The van der Waals surface area contributed by atoms with E-state index in [-0.39, 0.29) is 17.2 Å². The maximum atomic E-state index is 13.0. The highest BCUT2D eigenvalue weighted by Gasteiger charge is 2.27. The molecule has 0 bridgehead atoms. The van der Waals surface area contributed by atoms with E-state index in [0.29, 0.717) is 26.3 Å². The third-order valence-corrected chi connectivity index (χ3v) is 3.82. The van der Waals surface area contributed by atoms with Crippen LogP contribution in [0.2, 0.25) is 0 Å². The molecule has 12 heteroatoms. The van der Waals surface area contributed by atoms with Crippen LogP contribution in [0.25, 0.3) is 0 Å². The highest BCUT2D eigenvalue weighted by Crippen LogP contribution is 2.31. The van der Waals surface area contributed by atoms with Crippen LogP contribution >= 0.6 is 0 Å². The summed E-state index contributed by atoms with van der Waals surface area (Å²) in [5, 5.41) is 11.7. The van der Waals surface area contributed by atoms with Crippen LogP contribution in [-0.2, 0) is 9.47 Å². The lowest BCUT2D eigenvalue weighted by molar-refractivity contribution is -0.383. The van der Waals surface area contributed by atoms with Crippen molar-refractivity contribution in [2.24, 2.45) is 0 Å². The number of ether oxygens (including phenoxy) is 2. The number of hydrogen-bond donors (Lipinski definition) is 2. The zero-order valence-corrected chi connectivity index (χ0v) is 15.9. The number of rotatable bonds is 11. The van der Waals surface area contributed by atoms with Crippen molar-refractivity contribution in [3.63, 3.8) is 0 Å². The average molecular weight is 408 g/mol. The number of anilines is 2. The predicted octanol–water partition coefficient (Wildman–Crippen LogP) is 1.38. The highest BCUT2D eigenvalue weighted by molar-refractivity contribution is 5.95. The van der Waals surface area contributed by atoms with Gasteiger partial charge in [-0.2, -0.15) is 0 Å². The van der Waals surface area contributed by atoms with Crippen molar-refractivity contribution in [2.45, 2.75) is 0 Å². The van der Waals surface area contributed by atoms with Gasteiger partial charge in [0.2, 0.25) is 11.6 Å². The van der Waals surface area contributed by atoms with E-state index in [1.54, 1.807) is 4.90 Å². The van der Waals surface area contributed by atoms with Gasteiger partial charge in [-0.15, -0.1) is 0 Å². The highest BCUT2D eigenvalue weighted by atomic mass is 19.1. The first kappa shape index (κ1) is 21.9. The van der Waals surface area contributed by atoms with Crippen LogP contribution in [-0.4, -0.2) is 61.3 Å². The summed E-state index contributed by atoms with van der Waals surface area (Å²) in [6.45, 7) is 1.29. The van der Waals surface area contributed by atoms with Gasteiger partial charge in [0.25, 0.3) is 5.91 Å². The fraction of sp³-hybridized carbons (Fsp3) is 0.353. The van der Waals surface area contributed by atoms with Gasteiger partial charge in [0.1, 0.15) is 12.1 Å². The number of nitrogens with zero attached hydrogens (tertiary/aromatic N) is 4. The van der Waals surface area contributed by atoms with E-state index in [1.165, 1.54) is 26.4 Å². The van der Waals surface area contributed by atoms with Gasteiger partial charge in [-0.1, -0.05) is 0 Å². The zero-order valence-electron chi connectivity index (χ0n) is 15.9. The van der Waals surface area contributed by atoms with Crippen molar-refractivity contribution in [3.8, 4) is 0 Å². The maximum absolute atomic E-state index is 13.0. The molecule has 0 unspecified atom stereocenters. The first-order chi connectivity index (χ1) is 14.0. The lowest BCUT2D eigenvalue weighted by Crippen LogP contribution is -2.33. The van der Waals surface area contributed by atoms with E-state index < -0.39 is 22.3 Å². The number of halogens is 1. The Hall–Kier alpha value is -3.38. The van der Waals surface area contributed by atoms with Gasteiger partial charge in [0, 0.05) is 32.9 Å². The molecule has 0 fully saturated rings. The fourth-order valence-corrected chi connectivity index (χ4v) is 2.38. The number of nitro groups is 1. The fourth-order valence-electron chi connectivity index (χ4n) is 2.38. The van der Waals surface area contributed by atoms with Gasteiger partial charge < -0.3 is 14.4 Å². The van der Waals surface area contributed by atoms with Gasteiger partial charge in [-0.05, 0) is 24.3 Å². The zero-order chi connectivity index (χ0) is 21.2. The second-order valence-corrected chi connectivity index (χ2v) is 5.71. The number of amides is 1. The molecule has 0 spiro atoms. The van der Waals surface area contributed by atoms with Crippen LogP contribution in [0.15, 0.2) is 30.6 Å². The van der Waals surface area contributed by atoms with Crippen molar-refractivity contribution in [3.05, 3.63) is 52.1 Å². The van der Waals surface area contributed by atoms with Gasteiger partial charge >= 0.3 is 5.69 Å². The van der Waals surface area contributed by atoms with Crippen LogP contribution in [0, 0.1) is 15.9 Å². The van der Waals surface area contributed by atoms with Crippen LogP contribution in [0.1, 0.15) is 10.4 Å². The van der Waals surface area contributed by atoms with E-state index in [2.05, 4.69) is 20.8 Å². The molecule has 11 nitrogen and oxygen atoms in total. The van der Waals surface area contributed by atoms with Crippen molar-refractivity contribution in [2.75, 3.05) is 50.8 Å². The summed E-state index contributed by atoms with van der Waals surface area (Å²) in [5.74, 6) is -1.25. The number of aromatic nitrogens is 2. The number of nitrogens with one attached hydrogen (secondary N) is 2. The van der Waals surface area contributed by atoms with E-state index in [4.69, 9.17) is 9.47 Å². The smallest absolute Gasteiger partial charge is 0.355 e. The molecule has 2 N–H and O–H groups in total. The summed E-state index contributed by atoms with van der Waals surface area (Å²) >= 11 is 0. The molecular weight excluding hydrogens is 387 g/mol. The number of methoxy groups -OCH3 is 2. The largest absolute Gasteiger partial charge is 0.383 e. The van der Waals surface area contributed by atoms with E-state index in [1.807, 2.05) is 0 Å². The maximum Gasteiger partial charge on any atom is 0.355 e. The van der Waals surface area contributed by atoms with Crippen molar-refractivity contribution >= 4 is 23.2 Å². The lowest BCUT2D eigenvalue weighted by Gasteiger charge is -2.23. The molecule has 2 aromatic rings. The molecule has 0 atom stereocenters. The molecular formula is C17H21FN6O5. The number of carbonyl (C=O) groups excluding carboxylic acids is 1. The minimum Gasteiger partial charge on any atom is -0.383 e. The molecule has 1 heterocycles. The molecule has 0 saturated heterocycles. The summed E-state index contributed by atoms with van der Waals surface area (Å²) in [7, 11) is 3.03. The summed E-state index contributed by atoms with van der Waals surface area (Å²) in [6.07, 6.45) is 1.14. The van der Waals surface area contributed by atoms with E-state index in [0.717, 1.165) is 18.5 Å². The normalized spacial score (nSPS) is 10.4. The van der Waals surface area contributed by atoms with Crippen LogP contribution in [0.4, 0.5) is 21.7 Å². The Morgan fingerprint density at radius 3 is 2.34 bits per heavy atom. The molecule has 0 aliphatic heterocycles. The molecule has 0 saturated carbocycles.